The minimum Gasteiger partial charge on any atom is -0.494 e. The number of hydrogen-bond donors (Lipinski definition) is 1. The van der Waals surface area contributed by atoms with E-state index in [0.717, 1.165) is 11.4 Å². The molecule has 0 spiro atoms. The van der Waals surface area contributed by atoms with Crippen LogP contribution in [0.5, 0.6) is 5.75 Å². The Bertz CT molecular complexity index is 840. The lowest BCUT2D eigenvalue weighted by Gasteiger charge is -2.17. The molecule has 0 aromatic heterocycles. The van der Waals surface area contributed by atoms with Gasteiger partial charge in [-0.1, -0.05) is 23.2 Å². The van der Waals surface area contributed by atoms with E-state index in [1.165, 1.54) is 6.07 Å². The van der Waals surface area contributed by atoms with Crippen LogP contribution in [-0.4, -0.2) is 31.5 Å². The van der Waals surface area contributed by atoms with Gasteiger partial charge in [0.05, 0.1) is 17.2 Å². The van der Waals surface area contributed by atoms with Crippen LogP contribution < -0.4 is 15.0 Å². The number of nitrogens with zero attached hydrogens (tertiary/aromatic N) is 1. The number of nitrogens with one attached hydrogen (secondary N) is 1. The molecule has 0 bridgehead atoms. The molecule has 0 radical (unpaired) electrons. The van der Waals surface area contributed by atoms with Crippen molar-refractivity contribution in [2.45, 2.75) is 13.3 Å². The predicted molar refractivity (Wildman–Crippen MR) is 107 cm³/mol. The molecule has 0 aliphatic carbocycles. The fourth-order valence-corrected chi connectivity index (χ4v) is 3.56. The fraction of sp³-hybridized carbons (Fsp3) is 0.300. The lowest BCUT2D eigenvalue weighted by molar-refractivity contribution is -0.117. The maximum Gasteiger partial charge on any atom is 0.252 e. The largest absolute Gasteiger partial charge is 0.494 e. The second-order valence-electron chi connectivity index (χ2n) is 6.34. The van der Waals surface area contributed by atoms with Crippen molar-refractivity contribution in [3.05, 3.63) is 58.1 Å². The molecule has 142 valence electrons. The molecule has 5 nitrogen and oxygen atoms in total. The molecule has 3 rings (SSSR count). The van der Waals surface area contributed by atoms with Gasteiger partial charge in [0.25, 0.3) is 5.91 Å². The minimum atomic E-state index is -0.274. The average molecular weight is 407 g/mol. The van der Waals surface area contributed by atoms with Gasteiger partial charge in [0.1, 0.15) is 5.75 Å². The quantitative estimate of drug-likeness (QED) is 0.782. The Morgan fingerprint density at radius 1 is 1.22 bits per heavy atom. The van der Waals surface area contributed by atoms with Crippen LogP contribution in [0.4, 0.5) is 5.69 Å². The summed E-state index contributed by atoms with van der Waals surface area (Å²) in [5.74, 6) is 0.585. The zero-order chi connectivity index (χ0) is 19.4. The lowest BCUT2D eigenvalue weighted by atomic mass is 10.1. The van der Waals surface area contributed by atoms with Crippen LogP contribution in [0, 0.1) is 5.92 Å². The number of carbonyl (C=O) groups excluding carboxylic acids is 2. The molecule has 1 unspecified atom stereocenters. The fourth-order valence-electron chi connectivity index (χ4n) is 3.06. The first kappa shape index (κ1) is 19.5. The summed E-state index contributed by atoms with van der Waals surface area (Å²) < 4.78 is 5.43. The molecule has 2 aromatic rings. The van der Waals surface area contributed by atoms with E-state index < -0.39 is 0 Å². The van der Waals surface area contributed by atoms with E-state index in [1.54, 1.807) is 17.0 Å². The van der Waals surface area contributed by atoms with Gasteiger partial charge in [-0.2, -0.15) is 0 Å². The highest BCUT2D eigenvalue weighted by atomic mass is 35.5. The monoisotopic (exact) mass is 406 g/mol. The summed E-state index contributed by atoms with van der Waals surface area (Å²) in [6, 6.07) is 12.2. The molecule has 1 atom stereocenters. The van der Waals surface area contributed by atoms with E-state index in [0.29, 0.717) is 41.7 Å². The molecular weight excluding hydrogens is 387 g/mol. The van der Waals surface area contributed by atoms with Crippen LogP contribution in [-0.2, 0) is 4.79 Å². The number of hydrogen-bond acceptors (Lipinski definition) is 3. The number of ether oxygens (including phenoxy) is 1. The first-order valence-electron chi connectivity index (χ1n) is 8.74. The molecule has 1 N–H and O–H groups in total. The Hall–Kier alpha value is -2.24. The first-order chi connectivity index (χ1) is 13.0. The third-order valence-corrected chi connectivity index (χ3v) is 4.94. The van der Waals surface area contributed by atoms with Crippen molar-refractivity contribution in [2.24, 2.45) is 5.92 Å². The van der Waals surface area contributed by atoms with E-state index >= 15 is 0 Å². The smallest absolute Gasteiger partial charge is 0.252 e. The Balaban J connectivity index is 1.58. The van der Waals surface area contributed by atoms with Gasteiger partial charge in [0.15, 0.2) is 0 Å². The molecule has 0 saturated carbocycles. The summed E-state index contributed by atoms with van der Waals surface area (Å²) in [6.07, 6.45) is 0.391. The third kappa shape index (κ3) is 4.73. The highest BCUT2D eigenvalue weighted by Crippen LogP contribution is 2.27. The van der Waals surface area contributed by atoms with E-state index in [-0.39, 0.29) is 17.7 Å². The van der Waals surface area contributed by atoms with Gasteiger partial charge >= 0.3 is 0 Å². The van der Waals surface area contributed by atoms with E-state index in [4.69, 9.17) is 27.9 Å². The number of anilines is 1. The molecule has 1 aliphatic rings. The molecule has 1 aliphatic heterocycles. The van der Waals surface area contributed by atoms with Gasteiger partial charge in [-0.15, -0.1) is 0 Å². The van der Waals surface area contributed by atoms with Gasteiger partial charge in [-0.05, 0) is 49.4 Å². The zero-order valence-corrected chi connectivity index (χ0v) is 16.4. The zero-order valence-electron chi connectivity index (χ0n) is 14.9. The Kier molecular flexibility index (Phi) is 6.24. The molecular formula is C20H20Cl2N2O3. The van der Waals surface area contributed by atoms with Gasteiger partial charge in [0, 0.05) is 36.1 Å². The van der Waals surface area contributed by atoms with Crippen molar-refractivity contribution >= 4 is 40.7 Å². The maximum atomic E-state index is 12.3. The molecule has 27 heavy (non-hydrogen) atoms. The molecule has 7 heteroatoms. The Labute approximate surface area is 168 Å². The van der Waals surface area contributed by atoms with Gasteiger partial charge < -0.3 is 15.0 Å². The number of benzene rings is 2. The maximum absolute atomic E-state index is 12.3. The highest BCUT2D eigenvalue weighted by molar-refractivity contribution is 6.36. The normalized spacial score (nSPS) is 16.5. The number of rotatable bonds is 6. The molecule has 1 saturated heterocycles. The number of carbonyl (C=O) groups is 2. The minimum absolute atomic E-state index is 0.0408. The molecule has 1 heterocycles. The Morgan fingerprint density at radius 3 is 2.63 bits per heavy atom. The summed E-state index contributed by atoms with van der Waals surface area (Å²) in [4.78, 5) is 26.4. The standard InChI is InChI=1S/C20H20Cl2N2O3/c1-2-27-16-6-4-15(5-7-16)24-12-13(9-19(24)25)11-23-20(26)17-8-3-14(21)10-18(17)22/h3-8,10,13H,2,9,11-12H2,1H3,(H,23,26). The molecule has 2 aromatic carbocycles. The lowest BCUT2D eigenvalue weighted by Crippen LogP contribution is -2.31. The Morgan fingerprint density at radius 2 is 1.96 bits per heavy atom. The van der Waals surface area contributed by atoms with Crippen molar-refractivity contribution in [1.82, 2.24) is 5.32 Å². The van der Waals surface area contributed by atoms with Crippen molar-refractivity contribution < 1.29 is 14.3 Å². The van der Waals surface area contributed by atoms with Gasteiger partial charge in [-0.3, -0.25) is 9.59 Å². The predicted octanol–water partition coefficient (Wildman–Crippen LogP) is 4.18. The molecule has 2 amide bonds. The van der Waals surface area contributed by atoms with Crippen molar-refractivity contribution in [1.29, 1.82) is 0 Å². The topological polar surface area (TPSA) is 58.6 Å². The summed E-state index contributed by atoms with van der Waals surface area (Å²) in [5.41, 5.74) is 1.20. The van der Waals surface area contributed by atoms with E-state index in [1.807, 2.05) is 31.2 Å². The summed E-state index contributed by atoms with van der Waals surface area (Å²) >= 11 is 11.9. The van der Waals surface area contributed by atoms with Crippen molar-refractivity contribution in [3.8, 4) is 5.75 Å². The van der Waals surface area contributed by atoms with Crippen LogP contribution in [0.15, 0.2) is 42.5 Å². The second-order valence-corrected chi connectivity index (χ2v) is 7.18. The number of halogens is 2. The van der Waals surface area contributed by atoms with Crippen molar-refractivity contribution in [3.63, 3.8) is 0 Å². The van der Waals surface area contributed by atoms with Crippen LogP contribution in [0.3, 0.4) is 0 Å². The third-order valence-electron chi connectivity index (χ3n) is 4.39. The van der Waals surface area contributed by atoms with E-state index in [9.17, 15) is 9.59 Å². The van der Waals surface area contributed by atoms with Gasteiger partial charge in [0.2, 0.25) is 5.91 Å². The summed E-state index contributed by atoms with van der Waals surface area (Å²) in [6.45, 7) is 3.48. The van der Waals surface area contributed by atoms with Crippen LogP contribution in [0.25, 0.3) is 0 Å². The number of amides is 2. The highest BCUT2D eigenvalue weighted by Gasteiger charge is 2.31. The second kappa shape index (κ2) is 8.63. The van der Waals surface area contributed by atoms with Crippen LogP contribution in [0.2, 0.25) is 10.0 Å². The first-order valence-corrected chi connectivity index (χ1v) is 9.50. The average Bonchev–Trinajstić information content (AvgIpc) is 3.01. The van der Waals surface area contributed by atoms with Crippen molar-refractivity contribution in [2.75, 3.05) is 24.6 Å². The SMILES string of the molecule is CCOc1ccc(N2CC(CNC(=O)c3ccc(Cl)cc3Cl)CC2=O)cc1. The van der Waals surface area contributed by atoms with Crippen LogP contribution in [0.1, 0.15) is 23.7 Å². The summed E-state index contributed by atoms with van der Waals surface area (Å²) in [7, 11) is 0. The molecule has 1 fully saturated rings. The summed E-state index contributed by atoms with van der Waals surface area (Å²) in [5, 5.41) is 3.63. The van der Waals surface area contributed by atoms with Crippen LogP contribution >= 0.6 is 23.2 Å². The van der Waals surface area contributed by atoms with Gasteiger partial charge in [-0.25, -0.2) is 0 Å². The van der Waals surface area contributed by atoms with E-state index in [2.05, 4.69) is 5.32 Å².